The summed E-state index contributed by atoms with van der Waals surface area (Å²) in [6.45, 7) is 0.190. The average molecular weight is 359 g/mol. The summed E-state index contributed by atoms with van der Waals surface area (Å²) in [5.74, 6) is 1.25. The number of anilines is 1. The van der Waals surface area contributed by atoms with E-state index in [0.717, 1.165) is 10.8 Å². The van der Waals surface area contributed by atoms with E-state index in [9.17, 15) is 4.79 Å². The predicted octanol–water partition coefficient (Wildman–Crippen LogP) is 3.87. The Morgan fingerprint density at radius 1 is 0.889 bits per heavy atom. The van der Waals surface area contributed by atoms with E-state index in [1.807, 2.05) is 36.4 Å². The van der Waals surface area contributed by atoms with Gasteiger partial charge in [-0.05, 0) is 41.1 Å². The van der Waals surface area contributed by atoms with Crippen LogP contribution in [-0.4, -0.2) is 22.9 Å². The minimum absolute atomic E-state index is 0.0285. The van der Waals surface area contributed by atoms with Crippen LogP contribution in [0.25, 0.3) is 22.2 Å². The molecule has 0 radical (unpaired) electrons. The highest BCUT2D eigenvalue weighted by Crippen LogP contribution is 2.35. The normalized spacial score (nSPS) is 12.3. The van der Waals surface area contributed by atoms with E-state index < -0.39 is 0 Å². The highest BCUT2D eigenvalue weighted by molar-refractivity contribution is 6.05. The molecule has 7 heteroatoms. The van der Waals surface area contributed by atoms with E-state index in [0.29, 0.717) is 22.6 Å². The van der Waals surface area contributed by atoms with Gasteiger partial charge in [-0.2, -0.15) is 0 Å². The van der Waals surface area contributed by atoms with Gasteiger partial charge in [0.25, 0.3) is 5.91 Å². The topological polar surface area (TPSA) is 86.5 Å². The minimum atomic E-state index is -0.318. The van der Waals surface area contributed by atoms with Crippen molar-refractivity contribution in [1.82, 2.24) is 10.2 Å². The van der Waals surface area contributed by atoms with Crippen molar-refractivity contribution in [3.63, 3.8) is 0 Å². The van der Waals surface area contributed by atoms with Crippen LogP contribution >= 0.6 is 0 Å². The number of ether oxygens (including phenoxy) is 2. The maximum atomic E-state index is 12.5. The number of nitrogens with zero attached hydrogens (tertiary/aromatic N) is 2. The zero-order valence-electron chi connectivity index (χ0n) is 14.0. The van der Waals surface area contributed by atoms with Crippen LogP contribution < -0.4 is 14.8 Å². The summed E-state index contributed by atoms with van der Waals surface area (Å²) in [4.78, 5) is 12.5. The van der Waals surface area contributed by atoms with Gasteiger partial charge in [-0.25, -0.2) is 0 Å². The van der Waals surface area contributed by atoms with Crippen LogP contribution in [-0.2, 0) is 0 Å². The molecule has 0 bridgehead atoms. The maximum absolute atomic E-state index is 12.5. The Labute approximate surface area is 153 Å². The average Bonchev–Trinajstić information content (AvgIpc) is 3.36. The van der Waals surface area contributed by atoms with E-state index in [-0.39, 0.29) is 24.6 Å². The molecule has 132 valence electrons. The first kappa shape index (κ1) is 15.4. The Morgan fingerprint density at radius 2 is 1.74 bits per heavy atom. The van der Waals surface area contributed by atoms with Gasteiger partial charge >= 0.3 is 6.01 Å². The molecule has 1 aliphatic rings. The molecule has 0 fully saturated rings. The number of hydrogen-bond donors (Lipinski definition) is 1. The van der Waals surface area contributed by atoms with Crippen molar-refractivity contribution < 1.29 is 18.7 Å². The Balaban J connectivity index is 1.37. The number of rotatable bonds is 3. The molecule has 1 aromatic heterocycles. The number of amides is 1. The zero-order chi connectivity index (χ0) is 18.2. The number of hydrogen-bond acceptors (Lipinski definition) is 6. The van der Waals surface area contributed by atoms with Crippen LogP contribution in [0.5, 0.6) is 11.5 Å². The van der Waals surface area contributed by atoms with Gasteiger partial charge in [-0.1, -0.05) is 35.4 Å². The second kappa shape index (κ2) is 6.14. The molecule has 3 aromatic carbocycles. The largest absolute Gasteiger partial charge is 0.454 e. The molecular formula is C20H13N3O4. The third kappa shape index (κ3) is 2.85. The van der Waals surface area contributed by atoms with Crippen molar-refractivity contribution in [2.75, 3.05) is 12.1 Å². The highest BCUT2D eigenvalue weighted by Gasteiger charge is 2.17. The van der Waals surface area contributed by atoms with Gasteiger partial charge in [-0.3, -0.25) is 10.1 Å². The number of benzene rings is 3. The van der Waals surface area contributed by atoms with Crippen LogP contribution in [0, 0.1) is 0 Å². The van der Waals surface area contributed by atoms with E-state index in [1.165, 1.54) is 0 Å². The molecule has 2 heterocycles. The molecule has 0 atom stereocenters. The maximum Gasteiger partial charge on any atom is 0.322 e. The quantitative estimate of drug-likeness (QED) is 0.597. The van der Waals surface area contributed by atoms with E-state index in [4.69, 9.17) is 13.9 Å². The van der Waals surface area contributed by atoms with Gasteiger partial charge in [0, 0.05) is 11.1 Å². The number of fused-ring (bicyclic) bond motifs is 2. The molecule has 0 saturated heterocycles. The van der Waals surface area contributed by atoms with Crippen LogP contribution in [0.1, 0.15) is 10.4 Å². The van der Waals surface area contributed by atoms with Gasteiger partial charge in [0.15, 0.2) is 11.5 Å². The third-order valence-corrected chi connectivity index (χ3v) is 4.28. The standard InChI is InChI=1S/C20H13N3O4/c24-18(14-6-5-12-3-1-2-4-13(12)9-14)21-20-23-22-19(27-20)15-7-8-16-17(10-15)26-11-25-16/h1-10H,11H2,(H,21,23,24). The minimum Gasteiger partial charge on any atom is -0.454 e. The van der Waals surface area contributed by atoms with Gasteiger partial charge in [-0.15, -0.1) is 5.10 Å². The molecule has 0 aliphatic carbocycles. The molecule has 27 heavy (non-hydrogen) atoms. The Hall–Kier alpha value is -3.87. The van der Waals surface area contributed by atoms with E-state index in [1.54, 1.807) is 24.3 Å². The molecule has 0 unspecified atom stereocenters. The van der Waals surface area contributed by atoms with Crippen LogP contribution in [0.2, 0.25) is 0 Å². The second-order valence-electron chi connectivity index (χ2n) is 6.00. The number of aromatic nitrogens is 2. The van der Waals surface area contributed by atoms with Crippen molar-refractivity contribution in [1.29, 1.82) is 0 Å². The lowest BCUT2D eigenvalue weighted by Crippen LogP contribution is -2.12. The van der Waals surface area contributed by atoms with E-state index >= 15 is 0 Å². The molecule has 1 amide bonds. The monoisotopic (exact) mass is 359 g/mol. The molecular weight excluding hydrogens is 346 g/mol. The van der Waals surface area contributed by atoms with Gasteiger partial charge in [0.2, 0.25) is 12.7 Å². The smallest absolute Gasteiger partial charge is 0.322 e. The number of nitrogens with one attached hydrogen (secondary N) is 1. The highest BCUT2D eigenvalue weighted by atomic mass is 16.7. The third-order valence-electron chi connectivity index (χ3n) is 4.28. The Bertz CT molecular complexity index is 1170. The summed E-state index contributed by atoms with van der Waals surface area (Å²) in [6, 6.07) is 18.7. The lowest BCUT2D eigenvalue weighted by Gasteiger charge is -2.03. The lowest BCUT2D eigenvalue weighted by molar-refractivity contribution is 0.102. The van der Waals surface area contributed by atoms with E-state index in [2.05, 4.69) is 15.5 Å². The SMILES string of the molecule is O=C(Nc1nnc(-c2ccc3c(c2)OCO3)o1)c1ccc2ccccc2c1. The van der Waals surface area contributed by atoms with Crippen molar-refractivity contribution in [2.45, 2.75) is 0 Å². The fraction of sp³-hybridized carbons (Fsp3) is 0.0500. The lowest BCUT2D eigenvalue weighted by atomic mass is 10.1. The molecule has 4 aromatic rings. The van der Waals surface area contributed by atoms with Crippen molar-refractivity contribution >= 4 is 22.7 Å². The molecule has 7 nitrogen and oxygen atoms in total. The van der Waals surface area contributed by atoms with Crippen molar-refractivity contribution in [3.05, 3.63) is 66.2 Å². The molecule has 0 spiro atoms. The fourth-order valence-corrected chi connectivity index (χ4v) is 2.92. The van der Waals surface area contributed by atoms with Crippen LogP contribution in [0.4, 0.5) is 6.01 Å². The summed E-state index contributed by atoms with van der Waals surface area (Å²) in [5, 5.41) is 12.6. The second-order valence-corrected chi connectivity index (χ2v) is 6.00. The first-order valence-corrected chi connectivity index (χ1v) is 8.30. The molecule has 1 N–H and O–H groups in total. The van der Waals surface area contributed by atoms with Gasteiger partial charge in [0.1, 0.15) is 0 Å². The Kier molecular flexibility index (Phi) is 3.50. The number of carbonyl (C=O) groups excluding carboxylic acids is 1. The van der Waals surface area contributed by atoms with Crippen LogP contribution in [0.3, 0.4) is 0 Å². The molecule has 1 aliphatic heterocycles. The van der Waals surface area contributed by atoms with Crippen molar-refractivity contribution in [3.8, 4) is 23.0 Å². The first-order chi connectivity index (χ1) is 13.3. The zero-order valence-corrected chi connectivity index (χ0v) is 14.0. The summed E-state index contributed by atoms with van der Waals surface area (Å²) >= 11 is 0. The predicted molar refractivity (Wildman–Crippen MR) is 97.8 cm³/mol. The fourth-order valence-electron chi connectivity index (χ4n) is 2.92. The van der Waals surface area contributed by atoms with Gasteiger partial charge in [0.05, 0.1) is 0 Å². The first-order valence-electron chi connectivity index (χ1n) is 8.30. The summed E-state index contributed by atoms with van der Waals surface area (Å²) in [7, 11) is 0. The van der Waals surface area contributed by atoms with Crippen LogP contribution in [0.15, 0.2) is 65.1 Å². The number of carbonyl (C=O) groups is 1. The Morgan fingerprint density at radius 3 is 2.67 bits per heavy atom. The summed E-state index contributed by atoms with van der Waals surface area (Å²) in [6.07, 6.45) is 0. The molecule has 5 rings (SSSR count). The summed E-state index contributed by atoms with van der Waals surface area (Å²) in [5.41, 5.74) is 1.19. The van der Waals surface area contributed by atoms with Crippen molar-refractivity contribution in [2.24, 2.45) is 0 Å². The van der Waals surface area contributed by atoms with Gasteiger partial charge < -0.3 is 13.9 Å². The molecule has 0 saturated carbocycles. The summed E-state index contributed by atoms with van der Waals surface area (Å²) < 4.78 is 16.2.